The highest BCUT2D eigenvalue weighted by atomic mass is 79.9. The number of ketones is 1. The highest BCUT2D eigenvalue weighted by Gasteiger charge is 2.26. The van der Waals surface area contributed by atoms with E-state index < -0.39 is 21.6 Å². The molecule has 4 aromatic rings. The third-order valence-electron chi connectivity index (χ3n) is 5.22. The average molecular weight is 558 g/mol. The lowest BCUT2D eigenvalue weighted by molar-refractivity contribution is 0.103. The van der Waals surface area contributed by atoms with E-state index in [0.717, 1.165) is 17.7 Å². The van der Waals surface area contributed by atoms with Crippen LogP contribution in [0.1, 0.15) is 27.0 Å². The average Bonchev–Trinajstić information content (AvgIpc) is 2.80. The zero-order valence-corrected chi connectivity index (χ0v) is 20.7. The molecular formula is C25H15BrClFN2O3S. The van der Waals surface area contributed by atoms with Gasteiger partial charge in [-0.05, 0) is 54.8 Å². The molecule has 0 aliphatic rings. The second-order valence-electron chi connectivity index (χ2n) is 7.49. The summed E-state index contributed by atoms with van der Waals surface area (Å²) in [6.07, 6.45) is 0. The van der Waals surface area contributed by atoms with Gasteiger partial charge in [0.2, 0.25) is 0 Å². The van der Waals surface area contributed by atoms with E-state index in [1.165, 1.54) is 24.3 Å². The molecule has 0 fully saturated rings. The first kappa shape index (κ1) is 23.9. The van der Waals surface area contributed by atoms with Crippen LogP contribution in [0.15, 0.2) is 76.1 Å². The topological polar surface area (TPSA) is 87.0 Å². The molecule has 0 aromatic heterocycles. The Morgan fingerprint density at radius 3 is 2.44 bits per heavy atom. The molecule has 0 unspecified atom stereocenters. The first-order valence-corrected chi connectivity index (χ1v) is 12.5. The number of halogens is 3. The number of nitrogens with one attached hydrogen (secondary N) is 1. The van der Waals surface area contributed by atoms with Gasteiger partial charge in [-0.25, -0.2) is 12.8 Å². The van der Waals surface area contributed by atoms with Gasteiger partial charge in [-0.1, -0.05) is 57.4 Å². The summed E-state index contributed by atoms with van der Waals surface area (Å²) in [5, 5.41) is 10.9. The fourth-order valence-corrected chi connectivity index (χ4v) is 5.29. The molecule has 1 N–H and O–H groups in total. The van der Waals surface area contributed by atoms with Gasteiger partial charge in [0.05, 0.1) is 26.7 Å². The highest BCUT2D eigenvalue weighted by Crippen LogP contribution is 2.36. The predicted molar refractivity (Wildman–Crippen MR) is 133 cm³/mol. The van der Waals surface area contributed by atoms with Gasteiger partial charge in [0.25, 0.3) is 10.0 Å². The third kappa shape index (κ3) is 4.42. The fourth-order valence-electron chi connectivity index (χ4n) is 3.55. The molecule has 0 spiro atoms. The Morgan fingerprint density at radius 1 is 1.06 bits per heavy atom. The Morgan fingerprint density at radius 2 is 1.76 bits per heavy atom. The van der Waals surface area contributed by atoms with Gasteiger partial charge in [-0.2, -0.15) is 5.26 Å². The van der Waals surface area contributed by atoms with Crippen molar-refractivity contribution in [3.63, 3.8) is 0 Å². The highest BCUT2D eigenvalue weighted by molar-refractivity contribution is 9.10. The summed E-state index contributed by atoms with van der Waals surface area (Å²) in [4.78, 5) is 13.5. The van der Waals surface area contributed by atoms with E-state index in [2.05, 4.69) is 20.7 Å². The number of carbonyl (C=O) groups excluding carboxylic acids is 1. The van der Waals surface area contributed by atoms with Crippen LogP contribution in [0.25, 0.3) is 10.8 Å². The second-order valence-corrected chi connectivity index (χ2v) is 10.4. The first-order valence-electron chi connectivity index (χ1n) is 9.87. The molecule has 4 aromatic carbocycles. The summed E-state index contributed by atoms with van der Waals surface area (Å²) in [5.74, 6) is -1.49. The largest absolute Gasteiger partial charge is 0.288 e. The van der Waals surface area contributed by atoms with Crippen molar-refractivity contribution in [2.75, 3.05) is 4.72 Å². The summed E-state index contributed by atoms with van der Waals surface area (Å²) in [6.45, 7) is 1.82. The van der Waals surface area contributed by atoms with Crippen LogP contribution in [-0.2, 0) is 10.0 Å². The zero-order valence-electron chi connectivity index (χ0n) is 17.6. The zero-order chi connectivity index (χ0) is 24.6. The van der Waals surface area contributed by atoms with Crippen molar-refractivity contribution in [1.82, 2.24) is 0 Å². The predicted octanol–water partition coefficient (Wildman–Crippen LogP) is 6.61. The van der Waals surface area contributed by atoms with Crippen LogP contribution in [-0.4, -0.2) is 14.2 Å². The number of benzene rings is 4. The van der Waals surface area contributed by atoms with Crippen LogP contribution >= 0.6 is 27.5 Å². The van der Waals surface area contributed by atoms with Gasteiger partial charge in [0.15, 0.2) is 5.78 Å². The molecule has 0 radical (unpaired) electrons. The molecule has 170 valence electrons. The lowest BCUT2D eigenvalue weighted by atomic mass is 9.92. The maximum Gasteiger partial charge on any atom is 0.261 e. The summed E-state index contributed by atoms with van der Waals surface area (Å²) in [6, 6.07) is 18.0. The SMILES string of the molecule is Cc1ccc(S(=O)(=O)Nc2cc3c(Br)cccc3c(C#N)c2C(=O)c2cc(F)ccc2Cl)cc1. The summed E-state index contributed by atoms with van der Waals surface area (Å²) in [5.41, 5.74) is 0.268. The number of fused-ring (bicyclic) bond motifs is 1. The quantitative estimate of drug-likeness (QED) is 0.280. The van der Waals surface area contributed by atoms with E-state index in [9.17, 15) is 22.9 Å². The third-order valence-corrected chi connectivity index (χ3v) is 7.62. The van der Waals surface area contributed by atoms with Crippen molar-refractivity contribution in [3.05, 3.63) is 104 Å². The molecule has 34 heavy (non-hydrogen) atoms. The summed E-state index contributed by atoms with van der Waals surface area (Å²) >= 11 is 9.57. The number of nitriles is 1. The van der Waals surface area contributed by atoms with Crippen molar-refractivity contribution < 1.29 is 17.6 Å². The summed E-state index contributed by atoms with van der Waals surface area (Å²) in [7, 11) is -4.13. The number of aryl methyl sites for hydroxylation is 1. The number of sulfonamides is 1. The summed E-state index contributed by atoms with van der Waals surface area (Å²) < 4.78 is 43.3. The lowest BCUT2D eigenvalue weighted by Crippen LogP contribution is -2.17. The minimum absolute atomic E-state index is 0.0222. The molecule has 0 aliphatic carbocycles. The van der Waals surface area contributed by atoms with Crippen molar-refractivity contribution in [3.8, 4) is 6.07 Å². The minimum atomic E-state index is -4.13. The Bertz CT molecular complexity index is 1610. The fraction of sp³-hybridized carbons (Fsp3) is 0.0400. The number of anilines is 1. The van der Waals surface area contributed by atoms with Gasteiger partial charge in [-0.3, -0.25) is 9.52 Å². The smallest absolute Gasteiger partial charge is 0.261 e. The van der Waals surface area contributed by atoms with E-state index in [4.69, 9.17) is 11.6 Å². The molecule has 4 rings (SSSR count). The second kappa shape index (κ2) is 9.18. The number of hydrogen-bond donors (Lipinski definition) is 1. The molecule has 0 heterocycles. The number of rotatable bonds is 5. The maximum absolute atomic E-state index is 13.9. The van der Waals surface area contributed by atoms with Crippen LogP contribution < -0.4 is 4.72 Å². The molecule has 5 nitrogen and oxygen atoms in total. The molecule has 0 saturated heterocycles. The number of nitrogens with zero attached hydrogens (tertiary/aromatic N) is 1. The van der Waals surface area contributed by atoms with E-state index in [-0.39, 0.29) is 32.3 Å². The van der Waals surface area contributed by atoms with Gasteiger partial charge in [0, 0.05) is 15.4 Å². The normalized spacial score (nSPS) is 11.3. The molecule has 0 saturated carbocycles. The molecule has 0 bridgehead atoms. The maximum atomic E-state index is 13.9. The lowest BCUT2D eigenvalue weighted by Gasteiger charge is -2.17. The van der Waals surface area contributed by atoms with Crippen molar-refractivity contribution >= 4 is 59.8 Å². The molecule has 9 heteroatoms. The van der Waals surface area contributed by atoms with Crippen LogP contribution in [0.4, 0.5) is 10.1 Å². The molecule has 0 aliphatic heterocycles. The van der Waals surface area contributed by atoms with Gasteiger partial charge in [-0.15, -0.1) is 0 Å². The van der Waals surface area contributed by atoms with Crippen LogP contribution in [0.3, 0.4) is 0 Å². The van der Waals surface area contributed by atoms with Gasteiger partial charge < -0.3 is 0 Å². The Labute approximate surface area is 209 Å². The van der Waals surface area contributed by atoms with Gasteiger partial charge >= 0.3 is 0 Å². The van der Waals surface area contributed by atoms with Crippen molar-refractivity contribution in [1.29, 1.82) is 5.26 Å². The number of hydrogen-bond acceptors (Lipinski definition) is 4. The Hall–Kier alpha value is -3.25. The van der Waals surface area contributed by atoms with E-state index in [0.29, 0.717) is 15.2 Å². The van der Waals surface area contributed by atoms with Crippen LogP contribution in [0.5, 0.6) is 0 Å². The van der Waals surface area contributed by atoms with Gasteiger partial charge in [0.1, 0.15) is 11.9 Å². The van der Waals surface area contributed by atoms with E-state index in [1.807, 2.05) is 13.0 Å². The van der Waals surface area contributed by atoms with Crippen LogP contribution in [0, 0.1) is 24.1 Å². The molecule has 0 atom stereocenters. The van der Waals surface area contributed by atoms with Crippen LogP contribution in [0.2, 0.25) is 5.02 Å². The van der Waals surface area contributed by atoms with E-state index in [1.54, 1.807) is 30.3 Å². The Balaban J connectivity index is 2.01. The number of carbonyl (C=O) groups is 1. The van der Waals surface area contributed by atoms with E-state index >= 15 is 0 Å². The van der Waals surface area contributed by atoms with Crippen molar-refractivity contribution in [2.24, 2.45) is 0 Å². The van der Waals surface area contributed by atoms with Crippen molar-refractivity contribution in [2.45, 2.75) is 11.8 Å². The standard InChI is InChI=1S/C25H15BrClFN2O3S/c1-14-5-8-16(9-6-14)34(32,33)30-23-12-18-17(3-2-4-21(18)26)20(13-29)24(23)25(31)19-11-15(28)7-10-22(19)27/h2-12,30H,1H3. The minimum Gasteiger partial charge on any atom is -0.288 e. The molecular weight excluding hydrogens is 543 g/mol. The Kier molecular flexibility index (Phi) is 6.45. The first-order chi connectivity index (χ1) is 16.1. The monoisotopic (exact) mass is 556 g/mol. The molecule has 0 amide bonds.